The molecule has 2 amide bonds. The minimum Gasteiger partial charge on any atom is -0.324 e. The van der Waals surface area contributed by atoms with Gasteiger partial charge in [-0.15, -0.1) is 0 Å². The van der Waals surface area contributed by atoms with Crippen molar-refractivity contribution >= 4 is 6.03 Å². The van der Waals surface area contributed by atoms with Gasteiger partial charge in [0, 0.05) is 13.1 Å². The molecule has 10 heavy (non-hydrogen) atoms. The van der Waals surface area contributed by atoms with Gasteiger partial charge in [-0.1, -0.05) is 0 Å². The second-order valence-corrected chi connectivity index (χ2v) is 2.24. The van der Waals surface area contributed by atoms with Crippen LogP contribution >= 0.6 is 0 Å². The van der Waals surface area contributed by atoms with Crippen molar-refractivity contribution in [2.24, 2.45) is 0 Å². The summed E-state index contributed by atoms with van der Waals surface area (Å²) in [5, 5.41) is 10.2. The maximum Gasteiger partial charge on any atom is 0.330 e. The number of nitrogens with one attached hydrogen (secondary N) is 1. The number of urea groups is 1. The number of likely N-dealkylation sites (tertiary alicyclic amines) is 1. The first-order chi connectivity index (χ1) is 4.84. The van der Waals surface area contributed by atoms with E-state index in [9.17, 15) is 4.79 Å². The van der Waals surface area contributed by atoms with Crippen molar-refractivity contribution in [3.8, 4) is 6.19 Å². The number of rotatable bonds is 0. The highest BCUT2D eigenvalue weighted by atomic mass is 16.2. The van der Waals surface area contributed by atoms with Crippen LogP contribution in [0, 0.1) is 11.5 Å². The van der Waals surface area contributed by atoms with Gasteiger partial charge < -0.3 is 4.90 Å². The lowest BCUT2D eigenvalue weighted by atomic mass is 10.4. The predicted molar refractivity (Wildman–Crippen MR) is 35.0 cm³/mol. The lowest BCUT2D eigenvalue weighted by Gasteiger charge is -2.11. The lowest BCUT2D eigenvalue weighted by Crippen LogP contribution is -2.35. The summed E-state index contributed by atoms with van der Waals surface area (Å²) in [5.41, 5.74) is 0. The molecule has 0 unspecified atom stereocenters. The predicted octanol–water partition coefficient (Wildman–Crippen LogP) is 0.273. The molecule has 0 radical (unpaired) electrons. The molecule has 0 aromatic heterocycles. The average Bonchev–Trinajstić information content (AvgIpc) is 2.38. The van der Waals surface area contributed by atoms with E-state index in [2.05, 4.69) is 5.32 Å². The van der Waals surface area contributed by atoms with Crippen LogP contribution in [0.2, 0.25) is 0 Å². The molecule has 54 valence electrons. The van der Waals surface area contributed by atoms with E-state index >= 15 is 0 Å². The molecule has 0 bridgehead atoms. The summed E-state index contributed by atoms with van der Waals surface area (Å²) in [7, 11) is 0. The van der Waals surface area contributed by atoms with Gasteiger partial charge in [0.05, 0.1) is 0 Å². The Labute approximate surface area is 59.4 Å². The maximum atomic E-state index is 10.8. The number of nitrogens with zero attached hydrogens (tertiary/aromatic N) is 2. The molecule has 1 N–H and O–H groups in total. The fourth-order valence-corrected chi connectivity index (χ4v) is 1.05. The van der Waals surface area contributed by atoms with Crippen LogP contribution in [0.25, 0.3) is 0 Å². The Morgan fingerprint density at radius 3 is 2.60 bits per heavy atom. The molecule has 0 saturated carbocycles. The molecule has 1 aliphatic rings. The fourth-order valence-electron chi connectivity index (χ4n) is 1.05. The maximum absolute atomic E-state index is 10.8. The van der Waals surface area contributed by atoms with Crippen molar-refractivity contribution in [1.82, 2.24) is 10.2 Å². The number of carbonyl (C=O) groups excluding carboxylic acids is 1. The van der Waals surface area contributed by atoms with Crippen LogP contribution in [-0.4, -0.2) is 24.0 Å². The van der Waals surface area contributed by atoms with Crippen LogP contribution in [0.3, 0.4) is 0 Å². The van der Waals surface area contributed by atoms with E-state index < -0.39 is 0 Å². The van der Waals surface area contributed by atoms with E-state index in [-0.39, 0.29) is 6.03 Å². The molecule has 1 rings (SSSR count). The Kier molecular flexibility index (Phi) is 2.11. The topological polar surface area (TPSA) is 56.1 Å². The Hall–Kier alpha value is -1.24. The van der Waals surface area contributed by atoms with E-state index in [0.29, 0.717) is 0 Å². The van der Waals surface area contributed by atoms with Crippen LogP contribution in [0.5, 0.6) is 0 Å². The van der Waals surface area contributed by atoms with E-state index in [1.807, 2.05) is 0 Å². The van der Waals surface area contributed by atoms with Gasteiger partial charge in [-0.25, -0.2) is 10.1 Å². The summed E-state index contributed by atoms with van der Waals surface area (Å²) in [6, 6.07) is -0.264. The van der Waals surface area contributed by atoms with Crippen molar-refractivity contribution in [3.63, 3.8) is 0 Å². The Morgan fingerprint density at radius 2 is 2.10 bits per heavy atom. The standard InChI is InChI=1S/C6H9N3O/c7-5-8-6(10)9-3-1-2-4-9/h1-4H2,(H,8,10). The average molecular weight is 139 g/mol. The second kappa shape index (κ2) is 3.06. The lowest BCUT2D eigenvalue weighted by molar-refractivity contribution is 0.213. The highest BCUT2D eigenvalue weighted by Gasteiger charge is 2.16. The number of carbonyl (C=O) groups is 1. The van der Waals surface area contributed by atoms with E-state index in [1.165, 1.54) is 0 Å². The van der Waals surface area contributed by atoms with Gasteiger partial charge in [-0.05, 0) is 12.8 Å². The summed E-state index contributed by atoms with van der Waals surface area (Å²) in [6.07, 6.45) is 3.71. The number of amides is 2. The third-order valence-electron chi connectivity index (χ3n) is 1.56. The summed E-state index contributed by atoms with van der Waals surface area (Å²) in [6.45, 7) is 1.57. The molecular weight excluding hydrogens is 130 g/mol. The van der Waals surface area contributed by atoms with Crippen LogP contribution < -0.4 is 5.32 Å². The van der Waals surface area contributed by atoms with Gasteiger partial charge in [0.2, 0.25) is 0 Å². The third kappa shape index (κ3) is 1.38. The monoisotopic (exact) mass is 139 g/mol. The largest absolute Gasteiger partial charge is 0.330 e. The van der Waals surface area contributed by atoms with Crippen molar-refractivity contribution in [2.45, 2.75) is 12.8 Å². The van der Waals surface area contributed by atoms with Crippen LogP contribution in [0.1, 0.15) is 12.8 Å². The smallest absolute Gasteiger partial charge is 0.324 e. The molecule has 1 fully saturated rings. The minimum atomic E-state index is -0.264. The van der Waals surface area contributed by atoms with Gasteiger partial charge in [0.25, 0.3) is 0 Å². The molecular formula is C6H9N3O. The summed E-state index contributed by atoms with van der Waals surface area (Å²) in [5.74, 6) is 0. The van der Waals surface area contributed by atoms with Crippen LogP contribution in [-0.2, 0) is 0 Å². The van der Waals surface area contributed by atoms with Crippen LogP contribution in [0.4, 0.5) is 4.79 Å². The van der Waals surface area contributed by atoms with E-state index in [0.717, 1.165) is 25.9 Å². The SMILES string of the molecule is N#CNC(=O)N1CCCC1. The van der Waals surface area contributed by atoms with Crippen molar-refractivity contribution in [3.05, 3.63) is 0 Å². The van der Waals surface area contributed by atoms with Crippen LogP contribution in [0.15, 0.2) is 0 Å². The highest BCUT2D eigenvalue weighted by molar-refractivity contribution is 5.75. The van der Waals surface area contributed by atoms with Gasteiger partial charge in [0.15, 0.2) is 6.19 Å². The van der Waals surface area contributed by atoms with Gasteiger partial charge >= 0.3 is 6.03 Å². The van der Waals surface area contributed by atoms with Crippen molar-refractivity contribution < 1.29 is 4.79 Å². The highest BCUT2D eigenvalue weighted by Crippen LogP contribution is 2.06. The van der Waals surface area contributed by atoms with E-state index in [4.69, 9.17) is 5.26 Å². The molecule has 1 saturated heterocycles. The zero-order valence-corrected chi connectivity index (χ0v) is 5.63. The fraction of sp³-hybridized carbons (Fsp3) is 0.667. The Balaban J connectivity index is 2.34. The molecule has 4 heteroatoms. The van der Waals surface area contributed by atoms with Gasteiger partial charge in [-0.2, -0.15) is 5.26 Å². The van der Waals surface area contributed by atoms with Crippen molar-refractivity contribution in [1.29, 1.82) is 5.26 Å². The first kappa shape index (κ1) is 6.87. The second-order valence-electron chi connectivity index (χ2n) is 2.24. The van der Waals surface area contributed by atoms with E-state index in [1.54, 1.807) is 11.1 Å². The third-order valence-corrected chi connectivity index (χ3v) is 1.56. The molecule has 0 aromatic rings. The van der Waals surface area contributed by atoms with Gasteiger partial charge in [0.1, 0.15) is 0 Å². The number of hydrogen-bond acceptors (Lipinski definition) is 2. The quantitative estimate of drug-likeness (QED) is 0.387. The Bertz CT molecular complexity index is 166. The summed E-state index contributed by atoms with van der Waals surface area (Å²) >= 11 is 0. The minimum absolute atomic E-state index is 0.264. The van der Waals surface area contributed by atoms with Gasteiger partial charge in [-0.3, -0.25) is 0 Å². The zero-order chi connectivity index (χ0) is 7.40. The first-order valence-corrected chi connectivity index (χ1v) is 3.28. The zero-order valence-electron chi connectivity index (χ0n) is 5.63. The molecule has 1 heterocycles. The summed E-state index contributed by atoms with van der Waals surface area (Å²) in [4.78, 5) is 12.5. The van der Waals surface area contributed by atoms with Crippen molar-refractivity contribution in [2.75, 3.05) is 13.1 Å². The normalized spacial score (nSPS) is 16.5. The number of nitriles is 1. The number of hydrogen-bond donors (Lipinski definition) is 1. The summed E-state index contributed by atoms with van der Waals surface area (Å²) < 4.78 is 0. The first-order valence-electron chi connectivity index (χ1n) is 3.28. The molecule has 0 aliphatic carbocycles. The molecule has 4 nitrogen and oxygen atoms in total. The molecule has 0 atom stereocenters. The Morgan fingerprint density at radius 1 is 1.50 bits per heavy atom. The molecule has 1 aliphatic heterocycles. The molecule has 0 aromatic carbocycles. The molecule has 0 spiro atoms.